The topological polar surface area (TPSA) is 44.5 Å². The van der Waals surface area contributed by atoms with E-state index < -0.39 is 70.7 Å². The molecule has 1 aromatic rings. The Labute approximate surface area is 187 Å². The molecule has 20 heteroatoms. The molecule has 0 saturated heterocycles. The Balaban J connectivity index is 3.61. The molecule has 1 aromatic carbocycles. The Kier molecular flexibility index (Phi) is 7.74. The highest BCUT2D eigenvalue weighted by molar-refractivity contribution is 5.50. The third kappa shape index (κ3) is 4.53. The smallest absolute Gasteiger partial charge is 0.460 e. The van der Waals surface area contributed by atoms with Gasteiger partial charge in [0.25, 0.3) is 0 Å². The lowest BCUT2D eigenvalue weighted by molar-refractivity contribution is -0.451. The molecule has 0 aliphatic rings. The number of methoxy groups -OCH3 is 1. The normalized spacial score (nSPS) is 15.5. The fourth-order valence-electron chi connectivity index (χ4n) is 2.15. The highest BCUT2D eigenvalue weighted by atomic mass is 19.4. The maximum Gasteiger partial charge on any atom is 0.460 e. The molecule has 0 amide bonds. The van der Waals surface area contributed by atoms with Crippen LogP contribution in [-0.2, 0) is 0 Å². The number of ether oxygens (including phenoxy) is 2. The summed E-state index contributed by atoms with van der Waals surface area (Å²) in [6.07, 6.45) is -7.79. The van der Waals surface area contributed by atoms with Crippen molar-refractivity contribution in [1.29, 1.82) is 0 Å². The molecule has 0 atom stereocenters. The second-order valence-corrected chi connectivity index (χ2v) is 6.58. The first-order chi connectivity index (χ1) is 15.7. The Morgan fingerprint density at radius 1 is 0.611 bits per heavy atom. The summed E-state index contributed by atoms with van der Waals surface area (Å²) < 4.78 is 232. The van der Waals surface area contributed by atoms with Gasteiger partial charge in [0.15, 0.2) is 0 Å². The van der Waals surface area contributed by atoms with Crippen molar-refractivity contribution in [2.45, 2.75) is 41.7 Å². The predicted octanol–water partition coefficient (Wildman–Crippen LogP) is 7.14. The third-order valence-corrected chi connectivity index (χ3v) is 4.12. The Bertz CT molecular complexity index is 999. The molecule has 0 spiro atoms. The van der Waals surface area contributed by atoms with Crippen LogP contribution < -0.4 is 15.2 Å². The molecular formula is C16H8F17NO2. The number of hydrogen-bond acceptors (Lipinski definition) is 3. The first-order valence-electron chi connectivity index (χ1n) is 8.25. The van der Waals surface area contributed by atoms with E-state index >= 15 is 0 Å². The summed E-state index contributed by atoms with van der Waals surface area (Å²) in [6, 6.07) is -1.72. The van der Waals surface area contributed by atoms with Crippen LogP contribution >= 0.6 is 0 Å². The van der Waals surface area contributed by atoms with Crippen LogP contribution in [0, 0.1) is 0 Å². The molecule has 0 aliphatic heterocycles. The number of hydrogen-bond donors (Lipinski definition) is 1. The molecule has 36 heavy (non-hydrogen) atoms. The molecule has 2 N–H and O–H groups in total. The van der Waals surface area contributed by atoms with E-state index in [1.54, 1.807) is 0 Å². The standard InChI is InChI=1S/C16H8F17NO2/c1-35-6-2-5(34)3-7(4-6)36-9(18)8(17)10(19,20)11(21,22)12(23,24)13(25,26)14(27,28)15(29,30)16(31,32)33/h2-4H,34H2,1H3. The Hall–Kier alpha value is -2.83. The predicted molar refractivity (Wildman–Crippen MR) is 83.0 cm³/mol. The number of nitrogens with two attached hydrogens (primary N) is 1. The van der Waals surface area contributed by atoms with Crippen molar-refractivity contribution in [1.82, 2.24) is 0 Å². The van der Waals surface area contributed by atoms with Crippen LogP contribution in [0.3, 0.4) is 0 Å². The summed E-state index contributed by atoms with van der Waals surface area (Å²) in [5.41, 5.74) is 4.73. The fourth-order valence-corrected chi connectivity index (χ4v) is 2.15. The molecule has 208 valence electrons. The van der Waals surface area contributed by atoms with E-state index in [2.05, 4.69) is 9.47 Å². The zero-order chi connectivity index (χ0) is 28.9. The van der Waals surface area contributed by atoms with Gasteiger partial charge >= 0.3 is 47.7 Å². The van der Waals surface area contributed by atoms with Crippen LogP contribution in [0.15, 0.2) is 30.0 Å². The molecule has 0 radical (unpaired) electrons. The van der Waals surface area contributed by atoms with Gasteiger partial charge in [0.1, 0.15) is 11.5 Å². The zero-order valence-electron chi connectivity index (χ0n) is 16.6. The molecule has 3 nitrogen and oxygen atoms in total. The largest absolute Gasteiger partial charge is 0.497 e. The second-order valence-electron chi connectivity index (χ2n) is 6.58. The summed E-state index contributed by atoms with van der Waals surface area (Å²) >= 11 is 0. The average Bonchev–Trinajstić information content (AvgIpc) is 2.70. The number of alkyl halides is 15. The lowest BCUT2D eigenvalue weighted by Crippen LogP contribution is -2.72. The summed E-state index contributed by atoms with van der Waals surface area (Å²) in [7, 11) is 0.917. The molecule has 0 bridgehead atoms. The molecule has 0 unspecified atom stereocenters. The van der Waals surface area contributed by atoms with Crippen molar-refractivity contribution in [2.75, 3.05) is 12.8 Å². The van der Waals surface area contributed by atoms with Crippen molar-refractivity contribution in [3.63, 3.8) is 0 Å². The Morgan fingerprint density at radius 2 is 1.00 bits per heavy atom. The van der Waals surface area contributed by atoms with Crippen molar-refractivity contribution in [2.24, 2.45) is 0 Å². The molecule has 0 fully saturated rings. The minimum Gasteiger partial charge on any atom is -0.497 e. The number of nitrogen functional groups attached to an aromatic ring is 1. The quantitative estimate of drug-likeness (QED) is 0.196. The monoisotopic (exact) mass is 569 g/mol. The summed E-state index contributed by atoms with van der Waals surface area (Å²) in [5.74, 6) is -55.9. The number of rotatable bonds is 9. The van der Waals surface area contributed by atoms with Crippen LogP contribution in [0.1, 0.15) is 0 Å². The fraction of sp³-hybridized carbons (Fsp3) is 0.500. The van der Waals surface area contributed by atoms with E-state index in [9.17, 15) is 74.6 Å². The second kappa shape index (κ2) is 8.93. The van der Waals surface area contributed by atoms with Crippen molar-refractivity contribution >= 4 is 5.69 Å². The van der Waals surface area contributed by atoms with Gasteiger partial charge in [-0.1, -0.05) is 0 Å². The SMILES string of the molecule is COc1cc(N)cc(OC(F)=C(F)C(F)(F)C(F)(F)C(F)(F)C(F)(F)C(F)(F)C(F)(F)C(F)(F)F)c1. The number of allylic oxidation sites excluding steroid dienone is 1. The average molecular weight is 569 g/mol. The van der Waals surface area contributed by atoms with Crippen molar-refractivity contribution in [3.05, 3.63) is 30.0 Å². The molecule has 0 saturated carbocycles. The van der Waals surface area contributed by atoms with E-state index in [1.807, 2.05) is 0 Å². The van der Waals surface area contributed by atoms with Crippen molar-refractivity contribution in [3.8, 4) is 11.5 Å². The molecule has 0 aromatic heterocycles. The molecule has 1 rings (SSSR count). The molecule has 0 heterocycles. The van der Waals surface area contributed by atoms with Gasteiger partial charge < -0.3 is 15.2 Å². The summed E-state index contributed by atoms with van der Waals surface area (Å²) in [4.78, 5) is 0. The van der Waals surface area contributed by atoms with Crippen molar-refractivity contribution < 1.29 is 84.1 Å². The molecule has 0 aliphatic carbocycles. The number of halogens is 17. The van der Waals surface area contributed by atoms with Gasteiger partial charge in [-0.25, -0.2) is 0 Å². The highest BCUT2D eigenvalue weighted by Gasteiger charge is 2.93. The van der Waals surface area contributed by atoms with Gasteiger partial charge in [0.2, 0.25) is 5.83 Å². The van der Waals surface area contributed by atoms with E-state index in [4.69, 9.17) is 5.73 Å². The minimum absolute atomic E-state index is 0.394. The number of anilines is 1. The van der Waals surface area contributed by atoms with Gasteiger partial charge in [-0.15, -0.1) is 0 Å². The van der Waals surface area contributed by atoms with E-state index in [-0.39, 0.29) is 0 Å². The van der Waals surface area contributed by atoms with Gasteiger partial charge in [-0.3, -0.25) is 0 Å². The van der Waals surface area contributed by atoms with Gasteiger partial charge in [0, 0.05) is 23.9 Å². The first kappa shape index (κ1) is 31.2. The van der Waals surface area contributed by atoms with Gasteiger partial charge in [-0.05, 0) is 0 Å². The van der Waals surface area contributed by atoms with Gasteiger partial charge in [-0.2, -0.15) is 74.6 Å². The first-order valence-corrected chi connectivity index (χ1v) is 8.25. The van der Waals surface area contributed by atoms with Crippen LogP contribution in [0.25, 0.3) is 0 Å². The third-order valence-electron chi connectivity index (χ3n) is 4.12. The van der Waals surface area contributed by atoms with Crippen LogP contribution in [0.2, 0.25) is 0 Å². The zero-order valence-corrected chi connectivity index (χ0v) is 16.6. The van der Waals surface area contributed by atoms with Gasteiger partial charge in [0.05, 0.1) is 7.11 Å². The van der Waals surface area contributed by atoms with Crippen LogP contribution in [0.5, 0.6) is 11.5 Å². The van der Waals surface area contributed by atoms with Crippen LogP contribution in [-0.4, -0.2) is 48.8 Å². The molecular weight excluding hydrogens is 561 g/mol. The number of benzene rings is 1. The maximum absolute atomic E-state index is 13.7. The lowest BCUT2D eigenvalue weighted by atomic mass is 9.91. The Morgan fingerprint density at radius 3 is 1.42 bits per heavy atom. The lowest BCUT2D eigenvalue weighted by Gasteiger charge is -2.41. The summed E-state index contributed by atoms with van der Waals surface area (Å²) in [6.45, 7) is 0. The van der Waals surface area contributed by atoms with E-state index in [0.29, 0.717) is 12.1 Å². The van der Waals surface area contributed by atoms with E-state index in [1.165, 1.54) is 0 Å². The maximum atomic E-state index is 13.7. The summed E-state index contributed by atoms with van der Waals surface area (Å²) in [5, 5.41) is 0. The van der Waals surface area contributed by atoms with E-state index in [0.717, 1.165) is 13.2 Å². The highest BCUT2D eigenvalue weighted by Crippen LogP contribution is 2.63. The van der Waals surface area contributed by atoms with Crippen LogP contribution in [0.4, 0.5) is 80.3 Å². The minimum atomic E-state index is -8.65.